The van der Waals surface area contributed by atoms with Crippen molar-refractivity contribution >= 4 is 23.4 Å². The molecule has 3 rings (SSSR count). The fourth-order valence-electron chi connectivity index (χ4n) is 4.20. The average molecular weight is 422 g/mol. The van der Waals surface area contributed by atoms with Gasteiger partial charge in [0, 0.05) is 49.4 Å². The van der Waals surface area contributed by atoms with Crippen LogP contribution in [0.1, 0.15) is 37.0 Å². The molecule has 2 unspecified atom stereocenters. The van der Waals surface area contributed by atoms with E-state index in [2.05, 4.69) is 24.1 Å². The Kier molecular flexibility index (Phi) is 7.92. The van der Waals surface area contributed by atoms with Gasteiger partial charge in [0.15, 0.2) is 0 Å². The average Bonchev–Trinajstić information content (AvgIpc) is 2.74. The minimum atomic E-state index is -0.155. The molecule has 6 nitrogen and oxygen atoms in total. The Balaban J connectivity index is 1.54. The van der Waals surface area contributed by atoms with E-state index in [1.165, 1.54) is 0 Å². The van der Waals surface area contributed by atoms with Gasteiger partial charge in [-0.15, -0.1) is 0 Å². The summed E-state index contributed by atoms with van der Waals surface area (Å²) in [4.78, 5) is 29.8. The van der Waals surface area contributed by atoms with Crippen LogP contribution in [-0.4, -0.2) is 73.6 Å². The fourth-order valence-corrected chi connectivity index (χ4v) is 4.32. The summed E-state index contributed by atoms with van der Waals surface area (Å²) >= 11 is 5.92. The number of hydrogen-bond donors (Lipinski definition) is 1. The molecule has 2 saturated heterocycles. The maximum atomic E-state index is 12.8. The molecule has 2 fully saturated rings. The zero-order valence-electron chi connectivity index (χ0n) is 17.4. The number of carbonyl (C=O) groups is 2. The first-order chi connectivity index (χ1) is 14.0. The van der Waals surface area contributed by atoms with Crippen molar-refractivity contribution in [3.8, 4) is 0 Å². The minimum Gasteiger partial charge on any atom is -0.379 e. The molecule has 1 N–H and O–H groups in total. The van der Waals surface area contributed by atoms with Crippen LogP contribution in [-0.2, 0) is 9.53 Å². The first-order valence-corrected chi connectivity index (χ1v) is 11.0. The second kappa shape index (κ2) is 10.4. The van der Waals surface area contributed by atoms with Gasteiger partial charge in [0.1, 0.15) is 0 Å². The second-order valence-corrected chi connectivity index (χ2v) is 8.74. The van der Waals surface area contributed by atoms with E-state index in [-0.39, 0.29) is 17.7 Å². The van der Waals surface area contributed by atoms with Gasteiger partial charge in [-0.25, -0.2) is 0 Å². The van der Waals surface area contributed by atoms with Crippen LogP contribution < -0.4 is 5.32 Å². The molecule has 0 spiro atoms. The van der Waals surface area contributed by atoms with Crippen molar-refractivity contribution in [1.29, 1.82) is 0 Å². The number of rotatable bonds is 6. The normalized spacial score (nSPS) is 21.8. The van der Waals surface area contributed by atoms with Crippen LogP contribution in [0.5, 0.6) is 0 Å². The van der Waals surface area contributed by atoms with Gasteiger partial charge in [-0.05, 0) is 43.0 Å². The quantitative estimate of drug-likeness (QED) is 0.767. The Morgan fingerprint density at radius 2 is 1.86 bits per heavy atom. The highest BCUT2D eigenvalue weighted by Gasteiger charge is 2.30. The first-order valence-electron chi connectivity index (χ1n) is 10.6. The third-order valence-corrected chi connectivity index (χ3v) is 6.19. The maximum absolute atomic E-state index is 12.8. The van der Waals surface area contributed by atoms with Crippen LogP contribution in [0.4, 0.5) is 0 Å². The molecule has 2 heterocycles. The predicted octanol–water partition coefficient (Wildman–Crippen LogP) is 2.67. The van der Waals surface area contributed by atoms with Gasteiger partial charge < -0.3 is 15.0 Å². The molecule has 7 heteroatoms. The van der Waals surface area contributed by atoms with E-state index in [1.54, 1.807) is 29.2 Å². The molecule has 0 radical (unpaired) electrons. The molecule has 2 amide bonds. The molecule has 0 aromatic heterocycles. The summed E-state index contributed by atoms with van der Waals surface area (Å²) in [6, 6.07) is 7.23. The third-order valence-electron chi connectivity index (χ3n) is 5.94. The number of carbonyl (C=O) groups excluding carboxylic acids is 2. The van der Waals surface area contributed by atoms with Crippen LogP contribution in [0.25, 0.3) is 0 Å². The molecule has 29 heavy (non-hydrogen) atoms. The molecule has 1 aromatic rings. The summed E-state index contributed by atoms with van der Waals surface area (Å²) in [6.07, 6.45) is 1.66. The van der Waals surface area contributed by atoms with E-state index in [0.29, 0.717) is 42.2 Å². The van der Waals surface area contributed by atoms with Gasteiger partial charge in [-0.2, -0.15) is 0 Å². The number of nitrogens with one attached hydrogen (secondary N) is 1. The zero-order valence-corrected chi connectivity index (χ0v) is 18.2. The highest BCUT2D eigenvalue weighted by Crippen LogP contribution is 2.20. The Morgan fingerprint density at radius 3 is 2.52 bits per heavy atom. The Bertz CT molecular complexity index is 689. The largest absolute Gasteiger partial charge is 0.379 e. The number of halogens is 1. The molecule has 2 atom stereocenters. The SMILES string of the molecule is CC(C)C(CNC(=O)C1CCCN(C(=O)c2ccc(Cl)cc2)C1)N1CCOCC1. The Labute approximate surface area is 178 Å². The second-order valence-electron chi connectivity index (χ2n) is 8.30. The molecule has 1 aromatic carbocycles. The number of amides is 2. The summed E-state index contributed by atoms with van der Waals surface area (Å²) in [5.41, 5.74) is 0.614. The van der Waals surface area contributed by atoms with Crippen LogP contribution in [0.3, 0.4) is 0 Å². The fraction of sp³-hybridized carbons (Fsp3) is 0.636. The molecular weight excluding hydrogens is 390 g/mol. The summed E-state index contributed by atoms with van der Waals surface area (Å²) in [6.45, 7) is 9.50. The van der Waals surface area contributed by atoms with Crippen molar-refractivity contribution < 1.29 is 14.3 Å². The van der Waals surface area contributed by atoms with E-state index in [4.69, 9.17) is 16.3 Å². The van der Waals surface area contributed by atoms with E-state index in [9.17, 15) is 9.59 Å². The van der Waals surface area contributed by atoms with Crippen molar-refractivity contribution in [2.75, 3.05) is 45.9 Å². The van der Waals surface area contributed by atoms with Gasteiger partial charge in [0.05, 0.1) is 19.1 Å². The zero-order chi connectivity index (χ0) is 20.8. The van der Waals surface area contributed by atoms with Crippen molar-refractivity contribution in [1.82, 2.24) is 15.1 Å². The van der Waals surface area contributed by atoms with Gasteiger partial charge in [-0.1, -0.05) is 25.4 Å². The van der Waals surface area contributed by atoms with Gasteiger partial charge in [-0.3, -0.25) is 14.5 Å². The summed E-state index contributed by atoms with van der Waals surface area (Å²) in [5, 5.41) is 3.77. The lowest BCUT2D eigenvalue weighted by atomic mass is 9.95. The monoisotopic (exact) mass is 421 g/mol. The standard InChI is InChI=1S/C22H32ClN3O3/c1-16(2)20(25-10-12-29-13-11-25)14-24-21(27)18-4-3-9-26(15-18)22(28)17-5-7-19(23)8-6-17/h5-8,16,18,20H,3-4,9-15H2,1-2H3,(H,24,27). The van der Waals surface area contributed by atoms with Crippen LogP contribution in [0, 0.1) is 11.8 Å². The topological polar surface area (TPSA) is 61.9 Å². The lowest BCUT2D eigenvalue weighted by Gasteiger charge is -2.37. The molecule has 0 aliphatic carbocycles. The number of ether oxygens (including phenoxy) is 1. The highest BCUT2D eigenvalue weighted by molar-refractivity contribution is 6.30. The number of morpholine rings is 1. The van der Waals surface area contributed by atoms with E-state index in [0.717, 1.165) is 39.1 Å². The molecule has 0 bridgehead atoms. The number of hydrogen-bond acceptors (Lipinski definition) is 4. The smallest absolute Gasteiger partial charge is 0.253 e. The van der Waals surface area contributed by atoms with E-state index >= 15 is 0 Å². The Hall–Kier alpha value is -1.63. The maximum Gasteiger partial charge on any atom is 0.253 e. The number of benzene rings is 1. The lowest BCUT2D eigenvalue weighted by molar-refractivity contribution is -0.126. The van der Waals surface area contributed by atoms with Crippen LogP contribution >= 0.6 is 11.6 Å². The number of piperidine rings is 1. The van der Waals surface area contributed by atoms with E-state index < -0.39 is 0 Å². The molecule has 2 aliphatic rings. The van der Waals surface area contributed by atoms with Crippen LogP contribution in [0.15, 0.2) is 24.3 Å². The van der Waals surface area contributed by atoms with Crippen molar-refractivity contribution in [2.24, 2.45) is 11.8 Å². The summed E-state index contributed by atoms with van der Waals surface area (Å²) in [5.74, 6) is 0.310. The van der Waals surface area contributed by atoms with Crippen molar-refractivity contribution in [2.45, 2.75) is 32.7 Å². The lowest BCUT2D eigenvalue weighted by Crippen LogP contribution is -2.52. The molecule has 160 valence electrons. The van der Waals surface area contributed by atoms with Gasteiger partial charge in [0.25, 0.3) is 5.91 Å². The predicted molar refractivity (Wildman–Crippen MR) is 114 cm³/mol. The number of likely N-dealkylation sites (tertiary alicyclic amines) is 1. The summed E-state index contributed by atoms with van der Waals surface area (Å²) < 4.78 is 5.45. The van der Waals surface area contributed by atoms with Crippen molar-refractivity contribution in [3.05, 3.63) is 34.9 Å². The Morgan fingerprint density at radius 1 is 1.17 bits per heavy atom. The van der Waals surface area contributed by atoms with Gasteiger partial charge in [0.2, 0.25) is 5.91 Å². The van der Waals surface area contributed by atoms with Gasteiger partial charge >= 0.3 is 0 Å². The molecular formula is C22H32ClN3O3. The highest BCUT2D eigenvalue weighted by atomic mass is 35.5. The van der Waals surface area contributed by atoms with Crippen molar-refractivity contribution in [3.63, 3.8) is 0 Å². The van der Waals surface area contributed by atoms with E-state index in [1.807, 2.05) is 0 Å². The van der Waals surface area contributed by atoms with Crippen LogP contribution in [0.2, 0.25) is 5.02 Å². The molecule has 0 saturated carbocycles. The summed E-state index contributed by atoms with van der Waals surface area (Å²) in [7, 11) is 0. The number of nitrogens with zero attached hydrogens (tertiary/aromatic N) is 2. The first kappa shape index (κ1) is 22.1. The minimum absolute atomic E-state index is 0.0347. The molecule has 2 aliphatic heterocycles. The third kappa shape index (κ3) is 5.93.